The third-order valence-corrected chi connectivity index (χ3v) is 3.45. The van der Waals surface area contributed by atoms with E-state index in [1.54, 1.807) is 30.7 Å². The number of carbonyl (C=O) groups excluding carboxylic acids is 1. The number of anilines is 1. The zero-order chi connectivity index (χ0) is 16.8. The second kappa shape index (κ2) is 7.32. The smallest absolute Gasteiger partial charge is 0.320 e. The lowest BCUT2D eigenvalue weighted by molar-refractivity contribution is 0.248. The van der Waals surface area contributed by atoms with Gasteiger partial charge in [-0.15, -0.1) is 0 Å². The number of hydrogen-bond donors (Lipinski definition) is 2. The molecule has 0 spiro atoms. The maximum absolute atomic E-state index is 12.4. The van der Waals surface area contributed by atoms with Crippen LogP contribution in [-0.4, -0.2) is 18.1 Å². The molecule has 0 bridgehead atoms. The minimum atomic E-state index is -0.399. The van der Waals surface area contributed by atoms with Gasteiger partial charge in [-0.1, -0.05) is 30.3 Å². The molecule has 2 aromatic heterocycles. The SMILES string of the molecule is COc1ncccc1NC(=O)NC(c1ccccc1)c1ccco1. The van der Waals surface area contributed by atoms with Gasteiger partial charge in [-0.3, -0.25) is 0 Å². The first-order valence-electron chi connectivity index (χ1n) is 7.43. The minimum absolute atomic E-state index is 0.349. The third-order valence-electron chi connectivity index (χ3n) is 3.45. The fraction of sp³-hybridized carbons (Fsp3) is 0.111. The molecule has 1 aromatic carbocycles. The summed E-state index contributed by atoms with van der Waals surface area (Å²) in [6, 6.07) is 15.9. The molecule has 0 saturated carbocycles. The number of carbonyl (C=O) groups is 1. The summed E-state index contributed by atoms with van der Waals surface area (Å²) in [6.07, 6.45) is 3.17. The molecular formula is C18H17N3O3. The average molecular weight is 323 g/mol. The second-order valence-electron chi connectivity index (χ2n) is 5.02. The molecular weight excluding hydrogens is 306 g/mol. The van der Waals surface area contributed by atoms with Gasteiger partial charge in [0.25, 0.3) is 0 Å². The highest BCUT2D eigenvalue weighted by atomic mass is 16.5. The highest BCUT2D eigenvalue weighted by molar-refractivity contribution is 5.90. The van der Waals surface area contributed by atoms with Gasteiger partial charge in [-0.25, -0.2) is 9.78 Å². The van der Waals surface area contributed by atoms with Crippen molar-refractivity contribution in [3.8, 4) is 5.88 Å². The zero-order valence-electron chi connectivity index (χ0n) is 13.1. The molecule has 122 valence electrons. The minimum Gasteiger partial charge on any atom is -0.480 e. The predicted molar refractivity (Wildman–Crippen MR) is 89.9 cm³/mol. The molecule has 1 atom stereocenters. The van der Waals surface area contributed by atoms with Crippen molar-refractivity contribution in [2.45, 2.75) is 6.04 Å². The topological polar surface area (TPSA) is 76.4 Å². The van der Waals surface area contributed by atoms with E-state index in [9.17, 15) is 4.79 Å². The summed E-state index contributed by atoms with van der Waals surface area (Å²) < 4.78 is 10.6. The Bertz CT molecular complexity index is 788. The fourth-order valence-electron chi connectivity index (χ4n) is 2.36. The number of nitrogens with one attached hydrogen (secondary N) is 2. The summed E-state index contributed by atoms with van der Waals surface area (Å²) in [5, 5.41) is 5.65. The summed E-state index contributed by atoms with van der Waals surface area (Å²) >= 11 is 0. The van der Waals surface area contributed by atoms with Gasteiger partial charge < -0.3 is 19.8 Å². The van der Waals surface area contributed by atoms with Crippen LogP contribution in [-0.2, 0) is 0 Å². The van der Waals surface area contributed by atoms with E-state index < -0.39 is 6.04 Å². The van der Waals surface area contributed by atoms with Gasteiger partial charge in [0.05, 0.1) is 13.4 Å². The van der Waals surface area contributed by atoms with E-state index in [0.29, 0.717) is 17.3 Å². The van der Waals surface area contributed by atoms with E-state index in [0.717, 1.165) is 5.56 Å². The van der Waals surface area contributed by atoms with Crippen LogP contribution in [0.15, 0.2) is 71.5 Å². The lowest BCUT2D eigenvalue weighted by atomic mass is 10.1. The molecule has 6 heteroatoms. The maximum atomic E-state index is 12.4. The van der Waals surface area contributed by atoms with Gasteiger partial charge in [-0.2, -0.15) is 0 Å². The van der Waals surface area contributed by atoms with Gasteiger partial charge in [0, 0.05) is 6.20 Å². The average Bonchev–Trinajstić information content (AvgIpc) is 3.15. The van der Waals surface area contributed by atoms with E-state index >= 15 is 0 Å². The highest BCUT2D eigenvalue weighted by Gasteiger charge is 2.20. The van der Waals surface area contributed by atoms with Crippen molar-refractivity contribution in [1.29, 1.82) is 0 Å². The second-order valence-corrected chi connectivity index (χ2v) is 5.02. The first-order valence-corrected chi connectivity index (χ1v) is 7.43. The molecule has 0 saturated heterocycles. The molecule has 0 aliphatic carbocycles. The first kappa shape index (κ1) is 15.6. The Kier molecular flexibility index (Phi) is 4.76. The Balaban J connectivity index is 1.79. The predicted octanol–water partition coefficient (Wildman–Crippen LogP) is 3.59. The van der Waals surface area contributed by atoms with Gasteiger partial charge in [0.2, 0.25) is 5.88 Å². The lowest BCUT2D eigenvalue weighted by Gasteiger charge is -2.18. The molecule has 2 amide bonds. The van der Waals surface area contributed by atoms with Crippen molar-refractivity contribution in [1.82, 2.24) is 10.3 Å². The van der Waals surface area contributed by atoms with Gasteiger partial charge in [0.15, 0.2) is 0 Å². The highest BCUT2D eigenvalue weighted by Crippen LogP contribution is 2.24. The summed E-state index contributed by atoms with van der Waals surface area (Å²) in [5.74, 6) is 0.997. The monoisotopic (exact) mass is 323 g/mol. The number of nitrogens with zero attached hydrogens (tertiary/aromatic N) is 1. The molecule has 6 nitrogen and oxygen atoms in total. The quantitative estimate of drug-likeness (QED) is 0.752. The summed E-state index contributed by atoms with van der Waals surface area (Å²) in [7, 11) is 1.50. The van der Waals surface area contributed by atoms with Crippen LogP contribution in [0.1, 0.15) is 17.4 Å². The van der Waals surface area contributed by atoms with Crippen molar-refractivity contribution in [2.24, 2.45) is 0 Å². The molecule has 24 heavy (non-hydrogen) atoms. The molecule has 3 aromatic rings. The number of aromatic nitrogens is 1. The van der Waals surface area contributed by atoms with Crippen molar-refractivity contribution >= 4 is 11.7 Å². The van der Waals surface area contributed by atoms with Crippen LogP contribution in [0.2, 0.25) is 0 Å². The molecule has 3 rings (SSSR count). The molecule has 0 aliphatic rings. The number of amides is 2. The Morgan fingerprint density at radius 1 is 1.12 bits per heavy atom. The number of pyridine rings is 1. The van der Waals surface area contributed by atoms with Crippen LogP contribution in [0, 0.1) is 0 Å². The van der Waals surface area contributed by atoms with Crippen LogP contribution in [0.25, 0.3) is 0 Å². The number of rotatable bonds is 5. The van der Waals surface area contributed by atoms with E-state index in [2.05, 4.69) is 15.6 Å². The molecule has 2 heterocycles. The number of hydrogen-bond acceptors (Lipinski definition) is 4. The number of methoxy groups -OCH3 is 1. The van der Waals surface area contributed by atoms with E-state index in [1.165, 1.54) is 7.11 Å². The van der Waals surface area contributed by atoms with Crippen molar-refractivity contribution in [3.63, 3.8) is 0 Å². The van der Waals surface area contributed by atoms with Crippen LogP contribution < -0.4 is 15.4 Å². The first-order chi connectivity index (χ1) is 11.8. The van der Waals surface area contributed by atoms with Gasteiger partial charge >= 0.3 is 6.03 Å². The van der Waals surface area contributed by atoms with Gasteiger partial charge in [0.1, 0.15) is 17.5 Å². The summed E-state index contributed by atoms with van der Waals surface area (Å²) in [5.41, 5.74) is 1.41. The molecule has 0 fully saturated rings. The maximum Gasteiger partial charge on any atom is 0.320 e. The molecule has 0 radical (unpaired) electrons. The van der Waals surface area contributed by atoms with Crippen molar-refractivity contribution in [2.75, 3.05) is 12.4 Å². The third kappa shape index (κ3) is 3.55. The normalized spacial score (nSPS) is 11.5. The van der Waals surface area contributed by atoms with Crippen LogP contribution in [0.5, 0.6) is 5.88 Å². The number of benzene rings is 1. The van der Waals surface area contributed by atoms with E-state index in [1.807, 2.05) is 36.4 Å². The molecule has 0 aliphatic heterocycles. The Morgan fingerprint density at radius 3 is 2.67 bits per heavy atom. The van der Waals surface area contributed by atoms with Crippen LogP contribution in [0.4, 0.5) is 10.5 Å². The lowest BCUT2D eigenvalue weighted by Crippen LogP contribution is -2.33. The Labute approximate surface area is 139 Å². The van der Waals surface area contributed by atoms with Crippen LogP contribution in [0.3, 0.4) is 0 Å². The Hall–Kier alpha value is -3.28. The van der Waals surface area contributed by atoms with Gasteiger partial charge in [-0.05, 0) is 29.8 Å². The van der Waals surface area contributed by atoms with Crippen LogP contribution >= 0.6 is 0 Å². The van der Waals surface area contributed by atoms with Crippen molar-refractivity contribution < 1.29 is 13.9 Å². The number of furan rings is 1. The summed E-state index contributed by atoms with van der Waals surface area (Å²) in [4.78, 5) is 16.5. The van der Waals surface area contributed by atoms with Crippen molar-refractivity contribution in [3.05, 3.63) is 78.4 Å². The summed E-state index contributed by atoms with van der Waals surface area (Å²) in [6.45, 7) is 0. The number of urea groups is 1. The standard InChI is InChI=1S/C18H17N3O3/c1-23-17-14(9-5-11-19-17)20-18(22)21-16(15-10-6-12-24-15)13-7-3-2-4-8-13/h2-12,16H,1H3,(H2,20,21,22). The largest absolute Gasteiger partial charge is 0.480 e. The Morgan fingerprint density at radius 2 is 1.96 bits per heavy atom. The molecule has 2 N–H and O–H groups in total. The zero-order valence-corrected chi connectivity index (χ0v) is 13.1. The van der Waals surface area contributed by atoms with E-state index in [4.69, 9.17) is 9.15 Å². The number of ether oxygens (including phenoxy) is 1. The fourth-order valence-corrected chi connectivity index (χ4v) is 2.36. The molecule has 1 unspecified atom stereocenters. The van der Waals surface area contributed by atoms with E-state index in [-0.39, 0.29) is 6.03 Å².